The molecule has 0 radical (unpaired) electrons. The molecule has 1 unspecified atom stereocenters. The fourth-order valence-corrected chi connectivity index (χ4v) is 5.34. The van der Waals surface area contributed by atoms with Gasteiger partial charge in [0.25, 0.3) is 11.4 Å². The molecule has 1 aliphatic rings. The van der Waals surface area contributed by atoms with Crippen LogP contribution in [0.3, 0.4) is 0 Å². The highest BCUT2D eigenvalue weighted by Gasteiger charge is 2.37. The van der Waals surface area contributed by atoms with Gasteiger partial charge in [-0.2, -0.15) is 0 Å². The number of aryl methyl sites for hydroxylation is 1. The minimum absolute atomic E-state index is 0.0372. The highest BCUT2D eigenvalue weighted by atomic mass is 19.4. The van der Waals surface area contributed by atoms with E-state index < -0.39 is 17.9 Å². The van der Waals surface area contributed by atoms with Gasteiger partial charge in [0.15, 0.2) is 0 Å². The number of fused-ring (bicyclic) bond motifs is 1. The summed E-state index contributed by atoms with van der Waals surface area (Å²) in [5, 5.41) is 0. The van der Waals surface area contributed by atoms with Crippen molar-refractivity contribution < 1.29 is 22.3 Å². The van der Waals surface area contributed by atoms with Crippen LogP contribution in [0.2, 0.25) is 0 Å². The van der Waals surface area contributed by atoms with Crippen LogP contribution in [0.15, 0.2) is 41.2 Å². The molecule has 1 fully saturated rings. The number of anilines is 1. The van der Waals surface area contributed by atoms with E-state index in [1.54, 1.807) is 19.2 Å². The Morgan fingerprint density at radius 3 is 2.53 bits per heavy atom. The zero-order valence-corrected chi connectivity index (χ0v) is 21.6. The molecule has 0 aliphatic carbocycles. The third kappa shape index (κ3) is 5.31. The van der Waals surface area contributed by atoms with Crippen LogP contribution in [0.5, 0.6) is 5.75 Å². The number of piperazine rings is 1. The Labute approximate surface area is 218 Å². The van der Waals surface area contributed by atoms with Crippen molar-refractivity contribution in [3.05, 3.63) is 69.5 Å². The predicted octanol–water partition coefficient (Wildman–Crippen LogP) is 5.96. The normalized spacial score (nSPS) is 19.4. The molecular weight excluding hydrogens is 502 g/mol. The number of benzene rings is 1. The van der Waals surface area contributed by atoms with Crippen LogP contribution in [0, 0.1) is 12.4 Å². The summed E-state index contributed by atoms with van der Waals surface area (Å²) in [6, 6.07) is 7.62. The van der Waals surface area contributed by atoms with Gasteiger partial charge in [0.1, 0.15) is 11.6 Å². The lowest BCUT2D eigenvalue weighted by molar-refractivity contribution is -0.274. The first-order chi connectivity index (χ1) is 18.0. The number of rotatable bonds is 6. The molecule has 0 saturated carbocycles. The number of hydrogen-bond donors (Lipinski definition) is 0. The topological polar surface area (TPSA) is 55.0 Å². The second kappa shape index (κ2) is 10.6. The summed E-state index contributed by atoms with van der Waals surface area (Å²) in [6.45, 7) is 14.3. The van der Waals surface area contributed by atoms with Crippen molar-refractivity contribution in [2.45, 2.75) is 58.1 Å². The van der Waals surface area contributed by atoms with Crippen molar-refractivity contribution in [1.82, 2.24) is 14.5 Å². The fourth-order valence-electron chi connectivity index (χ4n) is 5.34. The highest BCUT2D eigenvalue weighted by molar-refractivity contribution is 5.89. The third-order valence-electron chi connectivity index (χ3n) is 7.18. The Kier molecular flexibility index (Phi) is 7.65. The van der Waals surface area contributed by atoms with Crippen LogP contribution < -0.4 is 15.2 Å². The van der Waals surface area contributed by atoms with E-state index in [1.165, 1.54) is 16.7 Å². The van der Waals surface area contributed by atoms with Crippen LogP contribution in [0.4, 0.5) is 29.1 Å². The molecule has 3 heterocycles. The second-order valence-corrected chi connectivity index (χ2v) is 9.49. The van der Waals surface area contributed by atoms with E-state index in [0.717, 1.165) is 18.6 Å². The van der Waals surface area contributed by atoms with Crippen molar-refractivity contribution in [3.63, 3.8) is 0 Å². The second-order valence-electron chi connectivity index (χ2n) is 9.49. The summed E-state index contributed by atoms with van der Waals surface area (Å²) in [5.74, 6) is -1.12. The quantitative estimate of drug-likeness (QED) is 0.290. The van der Waals surface area contributed by atoms with Gasteiger partial charge in [-0.1, -0.05) is 26.5 Å². The SMILES string of the molecule is [C-]#[N+]c1ccc2c(n1)c(N1C[C@@H](CC)N(C(CC)c3ccc(OC(F)(F)F)cc3F)C[C@@H]1C)cc(=O)n2C. The maximum absolute atomic E-state index is 15.1. The van der Waals surface area contributed by atoms with E-state index in [4.69, 9.17) is 6.57 Å². The molecule has 4 rings (SSSR count). The summed E-state index contributed by atoms with van der Waals surface area (Å²) < 4.78 is 58.2. The lowest BCUT2D eigenvalue weighted by atomic mass is 9.95. The van der Waals surface area contributed by atoms with E-state index in [9.17, 15) is 18.0 Å². The molecule has 3 aromatic rings. The number of alkyl halides is 3. The molecule has 11 heteroatoms. The molecule has 1 saturated heterocycles. The lowest BCUT2D eigenvalue weighted by Gasteiger charge is -2.49. The van der Waals surface area contributed by atoms with Crippen molar-refractivity contribution in [1.29, 1.82) is 0 Å². The standard InChI is InChI=1S/C27H29F4N5O2/c1-6-17-15-35(23-13-25(37)34(5)22-10-11-24(32-4)33-26(22)23)16(3)14-36(17)21(7-2)19-9-8-18(12-20(19)28)38-27(29,30)31/h8-13,16-17,21H,6-7,14-15H2,1-3,5H3/t16-,17+,21?/m0/s1. The Balaban J connectivity index is 1.69. The summed E-state index contributed by atoms with van der Waals surface area (Å²) in [5.41, 5.74) is 1.95. The van der Waals surface area contributed by atoms with E-state index in [-0.39, 0.29) is 29.5 Å². The van der Waals surface area contributed by atoms with E-state index in [1.807, 2.05) is 20.8 Å². The molecule has 3 atom stereocenters. The molecule has 2 aromatic heterocycles. The molecule has 0 spiro atoms. The molecule has 0 N–H and O–H groups in total. The van der Waals surface area contributed by atoms with Crippen LogP contribution in [0.25, 0.3) is 15.9 Å². The highest BCUT2D eigenvalue weighted by Crippen LogP contribution is 2.37. The number of pyridine rings is 2. The third-order valence-corrected chi connectivity index (χ3v) is 7.18. The Morgan fingerprint density at radius 2 is 1.92 bits per heavy atom. The predicted molar refractivity (Wildman–Crippen MR) is 137 cm³/mol. The summed E-state index contributed by atoms with van der Waals surface area (Å²) in [6.07, 6.45) is -3.63. The van der Waals surface area contributed by atoms with Crippen molar-refractivity contribution in [2.24, 2.45) is 7.05 Å². The van der Waals surface area contributed by atoms with Gasteiger partial charge in [0, 0.05) is 56.0 Å². The van der Waals surface area contributed by atoms with Crippen LogP contribution >= 0.6 is 0 Å². The Hall–Kier alpha value is -3.65. The van der Waals surface area contributed by atoms with Crippen LogP contribution in [-0.2, 0) is 7.05 Å². The number of ether oxygens (including phenoxy) is 1. The fraction of sp³-hybridized carbons (Fsp3) is 0.444. The number of hydrogen-bond acceptors (Lipinski definition) is 5. The summed E-state index contributed by atoms with van der Waals surface area (Å²) in [4.78, 5) is 25.0. The number of halogens is 4. The number of nitrogens with zero attached hydrogens (tertiary/aromatic N) is 5. The molecule has 1 aromatic carbocycles. The Bertz CT molecular complexity index is 1430. The van der Waals surface area contributed by atoms with E-state index in [0.29, 0.717) is 41.8 Å². The van der Waals surface area contributed by atoms with Crippen molar-refractivity contribution in [3.8, 4) is 5.75 Å². The van der Waals surface area contributed by atoms with Gasteiger partial charge in [-0.15, -0.1) is 18.2 Å². The average molecular weight is 532 g/mol. The largest absolute Gasteiger partial charge is 0.573 e. The molecule has 7 nitrogen and oxygen atoms in total. The lowest BCUT2D eigenvalue weighted by Crippen LogP contribution is -2.58. The van der Waals surface area contributed by atoms with E-state index >= 15 is 4.39 Å². The van der Waals surface area contributed by atoms with Crippen molar-refractivity contribution >= 4 is 22.5 Å². The number of aromatic nitrogens is 2. The first-order valence-electron chi connectivity index (χ1n) is 12.4. The van der Waals surface area contributed by atoms with Gasteiger partial charge in [0.2, 0.25) is 5.52 Å². The smallest absolute Gasteiger partial charge is 0.406 e. The molecule has 38 heavy (non-hydrogen) atoms. The van der Waals surface area contributed by atoms with E-state index in [2.05, 4.69) is 24.4 Å². The molecule has 0 amide bonds. The van der Waals surface area contributed by atoms with Crippen LogP contribution in [0.1, 0.15) is 45.2 Å². The maximum atomic E-state index is 15.1. The minimum Gasteiger partial charge on any atom is -0.406 e. The van der Waals surface area contributed by atoms with Gasteiger partial charge >= 0.3 is 6.36 Å². The van der Waals surface area contributed by atoms with Crippen molar-refractivity contribution in [2.75, 3.05) is 18.0 Å². The Morgan fingerprint density at radius 1 is 1.18 bits per heavy atom. The van der Waals surface area contributed by atoms with Gasteiger partial charge < -0.3 is 19.0 Å². The molecule has 1 aliphatic heterocycles. The zero-order valence-electron chi connectivity index (χ0n) is 21.6. The average Bonchev–Trinajstić information content (AvgIpc) is 2.87. The first-order valence-corrected chi connectivity index (χ1v) is 12.4. The van der Waals surface area contributed by atoms with Gasteiger partial charge in [-0.25, -0.2) is 4.39 Å². The van der Waals surface area contributed by atoms with Gasteiger partial charge in [-0.3, -0.25) is 9.69 Å². The molecule has 0 bridgehead atoms. The summed E-state index contributed by atoms with van der Waals surface area (Å²) >= 11 is 0. The monoisotopic (exact) mass is 531 g/mol. The maximum Gasteiger partial charge on any atom is 0.573 e. The van der Waals surface area contributed by atoms with Crippen LogP contribution in [-0.4, -0.2) is 46.0 Å². The molecular formula is C27H29F4N5O2. The summed E-state index contributed by atoms with van der Waals surface area (Å²) in [7, 11) is 1.66. The molecule has 202 valence electrons. The first kappa shape index (κ1) is 27.4. The minimum atomic E-state index is -4.90. The zero-order chi connectivity index (χ0) is 27.8. The van der Waals surface area contributed by atoms with Gasteiger partial charge in [-0.05, 0) is 38.0 Å². The van der Waals surface area contributed by atoms with Gasteiger partial charge in [0.05, 0.1) is 11.2 Å².